The first-order chi connectivity index (χ1) is 9.63. The second-order valence-electron chi connectivity index (χ2n) is 3.84. The van der Waals surface area contributed by atoms with E-state index in [-0.39, 0.29) is 18.0 Å². The van der Waals surface area contributed by atoms with Crippen LogP contribution in [0.5, 0.6) is 11.5 Å². The lowest BCUT2D eigenvalue weighted by atomic mass is 10.3. The second kappa shape index (κ2) is 6.00. The van der Waals surface area contributed by atoms with Crippen LogP contribution in [0.3, 0.4) is 0 Å². The zero-order valence-electron chi connectivity index (χ0n) is 11.0. The molecule has 1 aromatic heterocycles. The normalized spacial score (nSPS) is 10.3. The van der Waals surface area contributed by atoms with E-state index >= 15 is 0 Å². The van der Waals surface area contributed by atoms with Gasteiger partial charge < -0.3 is 14.0 Å². The quantitative estimate of drug-likeness (QED) is 0.589. The number of aryl methyl sites for hydroxylation is 1. The molecule has 1 aromatic carbocycles. The number of nitrogens with zero attached hydrogens (tertiary/aromatic N) is 3. The summed E-state index contributed by atoms with van der Waals surface area (Å²) in [6.45, 7) is 1.92. The van der Waals surface area contributed by atoms with E-state index < -0.39 is 4.92 Å². The van der Waals surface area contributed by atoms with Crippen LogP contribution in [-0.4, -0.2) is 22.2 Å². The molecule has 0 unspecified atom stereocenters. The van der Waals surface area contributed by atoms with Crippen molar-refractivity contribution in [2.45, 2.75) is 20.0 Å². The van der Waals surface area contributed by atoms with E-state index in [1.807, 2.05) is 6.92 Å². The molecule has 0 fully saturated rings. The number of hydrogen-bond donors (Lipinski definition) is 0. The number of hydrogen-bond acceptors (Lipinski definition) is 7. The van der Waals surface area contributed by atoms with Crippen molar-refractivity contribution in [2.75, 3.05) is 7.11 Å². The van der Waals surface area contributed by atoms with Gasteiger partial charge in [-0.15, -0.1) is 0 Å². The number of aromatic nitrogens is 2. The minimum Gasteiger partial charge on any atom is -0.493 e. The van der Waals surface area contributed by atoms with E-state index in [9.17, 15) is 10.1 Å². The number of nitro groups is 1. The first-order valence-corrected chi connectivity index (χ1v) is 5.90. The molecular formula is C12H13N3O5. The highest BCUT2D eigenvalue weighted by atomic mass is 16.6. The van der Waals surface area contributed by atoms with Gasteiger partial charge in [0.25, 0.3) is 11.6 Å². The summed E-state index contributed by atoms with van der Waals surface area (Å²) in [6, 6.07) is 4.10. The van der Waals surface area contributed by atoms with Gasteiger partial charge in [0.2, 0.25) is 0 Å². The fourth-order valence-electron chi connectivity index (χ4n) is 1.52. The van der Waals surface area contributed by atoms with Crippen molar-refractivity contribution in [2.24, 2.45) is 0 Å². The number of ether oxygens (including phenoxy) is 2. The van der Waals surface area contributed by atoms with Crippen LogP contribution in [0.2, 0.25) is 0 Å². The lowest BCUT2D eigenvalue weighted by molar-refractivity contribution is -0.385. The Labute approximate surface area is 114 Å². The van der Waals surface area contributed by atoms with Gasteiger partial charge in [-0.2, -0.15) is 4.98 Å². The van der Waals surface area contributed by atoms with Crippen molar-refractivity contribution in [3.05, 3.63) is 40.0 Å². The molecule has 0 saturated heterocycles. The Kier molecular flexibility index (Phi) is 4.14. The SMILES string of the molecule is CCc1noc(COc2cc([N+](=O)[O-])ccc2OC)n1. The van der Waals surface area contributed by atoms with Crippen LogP contribution in [-0.2, 0) is 13.0 Å². The van der Waals surface area contributed by atoms with Crippen molar-refractivity contribution in [3.8, 4) is 11.5 Å². The Balaban J connectivity index is 2.14. The summed E-state index contributed by atoms with van der Waals surface area (Å²) in [6.07, 6.45) is 0.656. The molecular weight excluding hydrogens is 266 g/mol. The molecule has 0 aliphatic carbocycles. The zero-order valence-corrected chi connectivity index (χ0v) is 11.0. The molecule has 2 aromatic rings. The number of nitro benzene ring substituents is 1. The topological polar surface area (TPSA) is 101 Å². The highest BCUT2D eigenvalue weighted by Crippen LogP contribution is 2.31. The molecule has 1 heterocycles. The average Bonchev–Trinajstić information content (AvgIpc) is 2.92. The summed E-state index contributed by atoms with van der Waals surface area (Å²) < 4.78 is 15.5. The maximum absolute atomic E-state index is 10.7. The molecule has 0 radical (unpaired) electrons. The molecule has 2 rings (SSSR count). The van der Waals surface area contributed by atoms with Crippen molar-refractivity contribution in [1.82, 2.24) is 10.1 Å². The van der Waals surface area contributed by atoms with Crippen LogP contribution >= 0.6 is 0 Å². The van der Waals surface area contributed by atoms with Crippen molar-refractivity contribution in [1.29, 1.82) is 0 Å². The molecule has 0 atom stereocenters. The molecule has 8 nitrogen and oxygen atoms in total. The van der Waals surface area contributed by atoms with E-state index in [2.05, 4.69) is 10.1 Å². The van der Waals surface area contributed by atoms with Crippen LogP contribution in [0.25, 0.3) is 0 Å². The summed E-state index contributed by atoms with van der Waals surface area (Å²) in [5.41, 5.74) is -0.0828. The third kappa shape index (κ3) is 3.02. The van der Waals surface area contributed by atoms with Crippen molar-refractivity contribution in [3.63, 3.8) is 0 Å². The van der Waals surface area contributed by atoms with Crippen molar-refractivity contribution < 1.29 is 18.9 Å². The highest BCUT2D eigenvalue weighted by molar-refractivity contribution is 5.48. The van der Waals surface area contributed by atoms with E-state index in [1.165, 1.54) is 25.3 Å². The van der Waals surface area contributed by atoms with Gasteiger partial charge >= 0.3 is 0 Å². The van der Waals surface area contributed by atoms with Gasteiger partial charge in [-0.05, 0) is 6.07 Å². The number of benzene rings is 1. The van der Waals surface area contributed by atoms with E-state index in [1.54, 1.807) is 0 Å². The molecule has 20 heavy (non-hydrogen) atoms. The number of non-ortho nitro benzene ring substituents is 1. The first-order valence-electron chi connectivity index (χ1n) is 5.90. The fraction of sp³-hybridized carbons (Fsp3) is 0.333. The third-order valence-electron chi connectivity index (χ3n) is 2.54. The van der Waals surface area contributed by atoms with Gasteiger partial charge in [-0.25, -0.2) is 0 Å². The maximum Gasteiger partial charge on any atom is 0.273 e. The Morgan fingerprint density at radius 1 is 1.40 bits per heavy atom. The van der Waals surface area contributed by atoms with E-state index in [0.717, 1.165) is 0 Å². The highest BCUT2D eigenvalue weighted by Gasteiger charge is 2.14. The monoisotopic (exact) mass is 279 g/mol. The third-order valence-corrected chi connectivity index (χ3v) is 2.54. The van der Waals surface area contributed by atoms with Crippen LogP contribution in [0.1, 0.15) is 18.6 Å². The van der Waals surface area contributed by atoms with Crippen LogP contribution < -0.4 is 9.47 Å². The van der Waals surface area contributed by atoms with E-state index in [0.29, 0.717) is 23.9 Å². The van der Waals surface area contributed by atoms with Gasteiger partial charge in [-0.3, -0.25) is 10.1 Å². The lowest BCUT2D eigenvalue weighted by Gasteiger charge is -2.08. The Morgan fingerprint density at radius 3 is 2.80 bits per heavy atom. The predicted molar refractivity (Wildman–Crippen MR) is 67.7 cm³/mol. The fourth-order valence-corrected chi connectivity index (χ4v) is 1.52. The Bertz CT molecular complexity index is 611. The van der Waals surface area contributed by atoms with Gasteiger partial charge in [0.1, 0.15) is 0 Å². The van der Waals surface area contributed by atoms with Crippen LogP contribution in [0.4, 0.5) is 5.69 Å². The summed E-state index contributed by atoms with van der Waals surface area (Å²) >= 11 is 0. The minimum atomic E-state index is -0.506. The van der Waals surface area contributed by atoms with Crippen LogP contribution in [0, 0.1) is 10.1 Å². The first kappa shape index (κ1) is 13.8. The van der Waals surface area contributed by atoms with E-state index in [4.69, 9.17) is 14.0 Å². The van der Waals surface area contributed by atoms with Crippen LogP contribution in [0.15, 0.2) is 22.7 Å². The molecule has 0 aliphatic rings. The summed E-state index contributed by atoms with van der Waals surface area (Å²) in [4.78, 5) is 14.3. The zero-order chi connectivity index (χ0) is 14.5. The molecule has 0 bridgehead atoms. The Morgan fingerprint density at radius 2 is 2.20 bits per heavy atom. The summed E-state index contributed by atoms with van der Waals surface area (Å²) in [5.74, 6) is 1.52. The molecule has 0 aliphatic heterocycles. The Hall–Kier alpha value is -2.64. The predicted octanol–water partition coefficient (Wildman–Crippen LogP) is 2.13. The van der Waals surface area contributed by atoms with Gasteiger partial charge in [0.05, 0.1) is 18.1 Å². The molecule has 0 amide bonds. The molecule has 0 saturated carbocycles. The standard InChI is InChI=1S/C12H13N3O5/c1-3-11-13-12(20-14-11)7-19-10-6-8(15(16)17)4-5-9(10)18-2/h4-6H,3,7H2,1-2H3. The summed E-state index contributed by atoms with van der Waals surface area (Å²) in [7, 11) is 1.45. The van der Waals surface area contributed by atoms with Gasteiger partial charge in [0, 0.05) is 12.5 Å². The maximum atomic E-state index is 10.7. The number of rotatable bonds is 6. The molecule has 0 spiro atoms. The minimum absolute atomic E-state index is 0.0184. The summed E-state index contributed by atoms with van der Waals surface area (Å²) in [5, 5.41) is 14.5. The average molecular weight is 279 g/mol. The lowest BCUT2D eigenvalue weighted by Crippen LogP contribution is -1.99. The van der Waals surface area contributed by atoms with Gasteiger partial charge in [-0.1, -0.05) is 12.1 Å². The van der Waals surface area contributed by atoms with Crippen molar-refractivity contribution >= 4 is 5.69 Å². The van der Waals surface area contributed by atoms with Gasteiger partial charge in [0.15, 0.2) is 23.9 Å². The largest absolute Gasteiger partial charge is 0.493 e. The smallest absolute Gasteiger partial charge is 0.273 e. The molecule has 0 N–H and O–H groups in total. The molecule has 8 heteroatoms. The second-order valence-corrected chi connectivity index (χ2v) is 3.84. The molecule has 106 valence electrons. The number of methoxy groups -OCH3 is 1.